The maximum Gasteiger partial charge on any atom is 0.193 e. The molecule has 0 bridgehead atoms. The molecule has 7 heteroatoms. The highest BCUT2D eigenvalue weighted by molar-refractivity contribution is 7.10. The molecule has 0 saturated carbocycles. The Morgan fingerprint density at radius 1 is 1.11 bits per heavy atom. The number of hydrogen-bond acceptors (Lipinski definition) is 5. The summed E-state index contributed by atoms with van der Waals surface area (Å²) in [6.45, 7) is 7.18. The minimum atomic E-state index is 0.439. The van der Waals surface area contributed by atoms with E-state index in [1.807, 2.05) is 30.6 Å². The second-order valence-electron chi connectivity index (χ2n) is 7.36. The average Bonchev–Trinajstić information content (AvgIpc) is 3.47. The first-order valence-electron chi connectivity index (χ1n) is 10.2. The van der Waals surface area contributed by atoms with Gasteiger partial charge in [-0.15, -0.1) is 11.3 Å². The molecular weight excluding hydrogens is 368 g/mol. The van der Waals surface area contributed by atoms with E-state index in [2.05, 4.69) is 59.6 Å². The van der Waals surface area contributed by atoms with Gasteiger partial charge < -0.3 is 15.1 Å². The lowest BCUT2D eigenvalue weighted by atomic mass is 10.2. The molecule has 28 heavy (non-hydrogen) atoms. The van der Waals surface area contributed by atoms with E-state index in [4.69, 9.17) is 0 Å². The number of rotatable bonds is 5. The summed E-state index contributed by atoms with van der Waals surface area (Å²) in [5.74, 6) is 2.08. The number of nitrogens with one attached hydrogen (secondary N) is 1. The van der Waals surface area contributed by atoms with Crippen LogP contribution < -0.4 is 10.2 Å². The van der Waals surface area contributed by atoms with Crippen molar-refractivity contribution in [2.75, 3.05) is 57.8 Å². The van der Waals surface area contributed by atoms with Gasteiger partial charge in [-0.25, -0.2) is 4.98 Å². The van der Waals surface area contributed by atoms with Gasteiger partial charge >= 0.3 is 0 Å². The molecule has 2 aromatic heterocycles. The van der Waals surface area contributed by atoms with E-state index in [0.717, 1.165) is 44.5 Å². The quantitative estimate of drug-likeness (QED) is 0.620. The maximum atomic E-state index is 4.57. The lowest BCUT2D eigenvalue weighted by Crippen LogP contribution is -2.53. The Labute approximate surface area is 171 Å². The standard InChI is InChI=1S/C21H30N6S/c1-22-21(27-14-12-26(13-15-27)20-8-2-3-9-23-20)24-17-18(19-7-6-16-28-19)25-10-4-5-11-25/h2-3,6-9,16,18H,4-5,10-15,17H2,1H3,(H,22,24). The highest BCUT2D eigenvalue weighted by Gasteiger charge is 2.26. The number of hydrogen-bond donors (Lipinski definition) is 1. The first kappa shape index (κ1) is 19.2. The Bertz CT molecular complexity index is 734. The van der Waals surface area contributed by atoms with Gasteiger partial charge in [-0.1, -0.05) is 12.1 Å². The van der Waals surface area contributed by atoms with Crippen LogP contribution in [0.25, 0.3) is 0 Å². The van der Waals surface area contributed by atoms with E-state index >= 15 is 0 Å². The molecule has 0 spiro atoms. The highest BCUT2D eigenvalue weighted by atomic mass is 32.1. The first-order valence-corrected chi connectivity index (χ1v) is 11.1. The van der Waals surface area contributed by atoms with Gasteiger partial charge in [0.05, 0.1) is 6.04 Å². The fourth-order valence-corrected chi connectivity index (χ4v) is 5.01. The van der Waals surface area contributed by atoms with Crippen molar-refractivity contribution < 1.29 is 0 Å². The zero-order valence-corrected chi connectivity index (χ0v) is 17.4. The van der Waals surface area contributed by atoms with Gasteiger partial charge in [-0.05, 0) is 49.5 Å². The molecule has 0 radical (unpaired) electrons. The smallest absolute Gasteiger partial charge is 0.193 e. The van der Waals surface area contributed by atoms with Gasteiger partial charge in [0.15, 0.2) is 5.96 Å². The minimum absolute atomic E-state index is 0.439. The number of guanidine groups is 1. The summed E-state index contributed by atoms with van der Waals surface area (Å²) in [6.07, 6.45) is 4.49. The molecule has 4 rings (SSSR count). The number of nitrogens with zero attached hydrogens (tertiary/aromatic N) is 5. The molecule has 2 aliphatic rings. The molecule has 0 aliphatic carbocycles. The normalized spacial score (nSPS) is 19.8. The molecule has 2 fully saturated rings. The first-order chi connectivity index (χ1) is 13.8. The summed E-state index contributed by atoms with van der Waals surface area (Å²) >= 11 is 1.86. The zero-order valence-electron chi connectivity index (χ0n) is 16.6. The van der Waals surface area contributed by atoms with Gasteiger partial charge in [-0.2, -0.15) is 0 Å². The van der Waals surface area contributed by atoms with Crippen molar-refractivity contribution >= 4 is 23.1 Å². The summed E-state index contributed by atoms with van der Waals surface area (Å²) in [5, 5.41) is 5.85. The van der Waals surface area contributed by atoms with E-state index in [-0.39, 0.29) is 0 Å². The average molecular weight is 399 g/mol. The van der Waals surface area contributed by atoms with E-state index in [9.17, 15) is 0 Å². The molecule has 150 valence electrons. The van der Waals surface area contributed by atoms with Gasteiger partial charge in [0.1, 0.15) is 5.82 Å². The van der Waals surface area contributed by atoms with Crippen LogP contribution in [0.3, 0.4) is 0 Å². The Kier molecular flexibility index (Phi) is 6.44. The third-order valence-electron chi connectivity index (χ3n) is 5.67. The molecule has 6 nitrogen and oxygen atoms in total. The van der Waals surface area contributed by atoms with E-state index in [0.29, 0.717) is 6.04 Å². The van der Waals surface area contributed by atoms with Crippen molar-refractivity contribution in [3.05, 3.63) is 46.8 Å². The predicted octanol–water partition coefficient (Wildman–Crippen LogP) is 2.68. The summed E-state index contributed by atoms with van der Waals surface area (Å²) < 4.78 is 0. The van der Waals surface area contributed by atoms with Crippen LogP contribution in [0.4, 0.5) is 5.82 Å². The van der Waals surface area contributed by atoms with Crippen molar-refractivity contribution in [3.8, 4) is 0 Å². The van der Waals surface area contributed by atoms with Crippen molar-refractivity contribution in [1.82, 2.24) is 20.1 Å². The van der Waals surface area contributed by atoms with E-state index in [1.54, 1.807) is 0 Å². The molecule has 1 N–H and O–H groups in total. The van der Waals surface area contributed by atoms with E-state index < -0.39 is 0 Å². The largest absolute Gasteiger partial charge is 0.354 e. The molecule has 0 aromatic carbocycles. The second kappa shape index (κ2) is 9.39. The van der Waals surface area contributed by atoms with Crippen LogP contribution in [0.15, 0.2) is 46.9 Å². The summed E-state index contributed by atoms with van der Waals surface area (Å²) in [4.78, 5) is 17.8. The lowest BCUT2D eigenvalue weighted by Gasteiger charge is -2.37. The predicted molar refractivity (Wildman–Crippen MR) is 117 cm³/mol. The van der Waals surface area contributed by atoms with Crippen molar-refractivity contribution in [3.63, 3.8) is 0 Å². The number of aromatic nitrogens is 1. The zero-order chi connectivity index (χ0) is 19.2. The molecule has 1 unspecified atom stereocenters. The monoisotopic (exact) mass is 398 g/mol. The van der Waals surface area contributed by atoms with Crippen LogP contribution in [0.2, 0.25) is 0 Å². The fourth-order valence-electron chi connectivity index (χ4n) is 4.15. The van der Waals surface area contributed by atoms with Crippen molar-refractivity contribution in [2.24, 2.45) is 4.99 Å². The molecular formula is C21H30N6S. The summed E-state index contributed by atoms with van der Waals surface area (Å²) in [7, 11) is 1.89. The number of piperazine rings is 1. The molecule has 2 aromatic rings. The van der Waals surface area contributed by atoms with Crippen LogP contribution >= 0.6 is 11.3 Å². The number of aliphatic imine (C=N–C) groups is 1. The highest BCUT2D eigenvalue weighted by Crippen LogP contribution is 2.27. The molecule has 4 heterocycles. The number of anilines is 1. The third kappa shape index (κ3) is 4.47. The van der Waals surface area contributed by atoms with Gasteiger partial charge in [0.2, 0.25) is 0 Å². The molecule has 2 aliphatic heterocycles. The Morgan fingerprint density at radius 3 is 2.57 bits per heavy atom. The number of pyridine rings is 1. The Morgan fingerprint density at radius 2 is 1.93 bits per heavy atom. The Hall–Kier alpha value is -2.12. The van der Waals surface area contributed by atoms with Crippen LogP contribution in [-0.4, -0.2) is 73.6 Å². The number of likely N-dealkylation sites (tertiary alicyclic amines) is 1. The summed E-state index contributed by atoms with van der Waals surface area (Å²) in [5.41, 5.74) is 0. The van der Waals surface area contributed by atoms with Crippen LogP contribution in [-0.2, 0) is 0 Å². The van der Waals surface area contributed by atoms with E-state index in [1.165, 1.54) is 30.8 Å². The van der Waals surface area contributed by atoms with Crippen LogP contribution in [0.1, 0.15) is 23.8 Å². The van der Waals surface area contributed by atoms with Gasteiger partial charge in [0.25, 0.3) is 0 Å². The second-order valence-corrected chi connectivity index (χ2v) is 8.34. The van der Waals surface area contributed by atoms with Gasteiger partial charge in [0, 0.05) is 50.8 Å². The fraction of sp³-hybridized carbons (Fsp3) is 0.524. The molecule has 2 saturated heterocycles. The summed E-state index contributed by atoms with van der Waals surface area (Å²) in [6, 6.07) is 11.0. The minimum Gasteiger partial charge on any atom is -0.354 e. The maximum absolute atomic E-state index is 4.57. The SMILES string of the molecule is CN=C(NCC(c1cccs1)N1CCCC1)N1CCN(c2ccccn2)CC1. The van der Waals surface area contributed by atoms with Crippen LogP contribution in [0.5, 0.6) is 0 Å². The number of thiophene rings is 1. The third-order valence-corrected chi connectivity index (χ3v) is 6.64. The van der Waals surface area contributed by atoms with Gasteiger partial charge in [-0.3, -0.25) is 9.89 Å². The van der Waals surface area contributed by atoms with Crippen LogP contribution in [0, 0.1) is 0 Å². The lowest BCUT2D eigenvalue weighted by molar-refractivity contribution is 0.246. The Balaban J connectivity index is 1.34. The van der Waals surface area contributed by atoms with Crippen molar-refractivity contribution in [2.45, 2.75) is 18.9 Å². The molecule has 1 atom stereocenters. The molecule has 0 amide bonds. The van der Waals surface area contributed by atoms with Crippen molar-refractivity contribution in [1.29, 1.82) is 0 Å². The topological polar surface area (TPSA) is 47.0 Å².